The van der Waals surface area contributed by atoms with Crippen molar-refractivity contribution in [1.82, 2.24) is 0 Å². The fourth-order valence-corrected chi connectivity index (χ4v) is 3.64. The number of rotatable bonds is 3. The number of hydrogen-bond donors (Lipinski definition) is 0. The molecule has 1 fully saturated rings. The second-order valence-electron chi connectivity index (χ2n) is 7.08. The van der Waals surface area contributed by atoms with Crippen LogP contribution in [0.4, 0.5) is 0 Å². The van der Waals surface area contributed by atoms with Gasteiger partial charge in [-0.3, -0.25) is 0 Å². The zero-order valence-corrected chi connectivity index (χ0v) is 15.0. The Morgan fingerprint density at radius 3 is 2.48 bits per heavy atom. The molecule has 0 radical (unpaired) electrons. The SMILES string of the molecule is C1CC1.COCOC1CCc2c(ccc3c2ccc2ccccc23)C1. The Bertz CT molecular complexity index is 864. The molecule has 0 heterocycles. The second-order valence-corrected chi connectivity index (χ2v) is 7.08. The van der Waals surface area contributed by atoms with E-state index in [4.69, 9.17) is 9.47 Å². The maximum absolute atomic E-state index is 5.75. The van der Waals surface area contributed by atoms with E-state index in [1.807, 2.05) is 0 Å². The van der Waals surface area contributed by atoms with Gasteiger partial charge in [0.15, 0.2) is 0 Å². The summed E-state index contributed by atoms with van der Waals surface area (Å²) in [6.07, 6.45) is 7.92. The molecule has 2 aliphatic carbocycles. The second kappa shape index (κ2) is 7.55. The highest BCUT2D eigenvalue weighted by Gasteiger charge is 2.21. The zero-order valence-electron chi connectivity index (χ0n) is 15.0. The van der Waals surface area contributed by atoms with Crippen LogP contribution in [0.25, 0.3) is 21.5 Å². The predicted octanol–water partition coefficient (Wildman–Crippen LogP) is 5.64. The van der Waals surface area contributed by atoms with Gasteiger partial charge in [0.05, 0.1) is 6.10 Å². The summed E-state index contributed by atoms with van der Waals surface area (Å²) in [6.45, 7) is 0.387. The smallest absolute Gasteiger partial charge is 0.146 e. The van der Waals surface area contributed by atoms with Crippen molar-refractivity contribution in [2.45, 2.75) is 44.6 Å². The maximum atomic E-state index is 5.75. The van der Waals surface area contributed by atoms with Crippen molar-refractivity contribution >= 4 is 21.5 Å². The lowest BCUT2D eigenvalue weighted by Crippen LogP contribution is -2.23. The minimum absolute atomic E-state index is 0.283. The van der Waals surface area contributed by atoms with Crippen molar-refractivity contribution in [2.75, 3.05) is 13.9 Å². The molecule has 2 nitrogen and oxygen atoms in total. The van der Waals surface area contributed by atoms with Gasteiger partial charge in [0, 0.05) is 7.11 Å². The van der Waals surface area contributed by atoms with Crippen LogP contribution in [-0.2, 0) is 22.3 Å². The number of methoxy groups -OCH3 is 1. The summed E-state index contributed by atoms with van der Waals surface area (Å²) in [5, 5.41) is 5.43. The third-order valence-electron chi connectivity index (χ3n) is 5.07. The van der Waals surface area contributed by atoms with E-state index < -0.39 is 0 Å². The molecule has 0 aromatic heterocycles. The van der Waals surface area contributed by atoms with Crippen LogP contribution in [0.1, 0.15) is 36.8 Å². The predicted molar refractivity (Wildman–Crippen MR) is 104 cm³/mol. The third-order valence-corrected chi connectivity index (χ3v) is 5.07. The van der Waals surface area contributed by atoms with Gasteiger partial charge in [-0.1, -0.05) is 67.8 Å². The number of aryl methyl sites for hydroxylation is 1. The van der Waals surface area contributed by atoms with Crippen LogP contribution in [0.2, 0.25) is 0 Å². The van der Waals surface area contributed by atoms with E-state index in [-0.39, 0.29) is 6.10 Å². The van der Waals surface area contributed by atoms with Gasteiger partial charge in [0.1, 0.15) is 6.79 Å². The summed E-state index contributed by atoms with van der Waals surface area (Å²) < 4.78 is 10.8. The van der Waals surface area contributed by atoms with Crippen LogP contribution in [0.3, 0.4) is 0 Å². The van der Waals surface area contributed by atoms with E-state index >= 15 is 0 Å². The number of hydrogen-bond acceptors (Lipinski definition) is 2. The molecule has 0 N–H and O–H groups in total. The molecule has 1 atom stereocenters. The van der Waals surface area contributed by atoms with Gasteiger partial charge in [0.25, 0.3) is 0 Å². The van der Waals surface area contributed by atoms with Gasteiger partial charge in [0.2, 0.25) is 0 Å². The quantitative estimate of drug-likeness (QED) is 0.456. The van der Waals surface area contributed by atoms with Crippen molar-refractivity contribution < 1.29 is 9.47 Å². The first-order valence-corrected chi connectivity index (χ1v) is 9.39. The van der Waals surface area contributed by atoms with E-state index in [0.29, 0.717) is 6.79 Å². The van der Waals surface area contributed by atoms with Gasteiger partial charge in [-0.2, -0.15) is 0 Å². The first-order chi connectivity index (χ1) is 12.4. The van der Waals surface area contributed by atoms with Crippen molar-refractivity contribution in [3.05, 3.63) is 59.7 Å². The van der Waals surface area contributed by atoms with Crippen molar-refractivity contribution in [1.29, 1.82) is 0 Å². The molecule has 5 rings (SSSR count). The normalized spacial score (nSPS) is 18.5. The lowest BCUT2D eigenvalue weighted by molar-refractivity contribution is -0.0749. The lowest BCUT2D eigenvalue weighted by atomic mass is 9.85. The molecule has 0 amide bonds. The largest absolute Gasteiger partial charge is 0.359 e. The number of ether oxygens (including phenoxy) is 2. The summed E-state index contributed by atoms with van der Waals surface area (Å²) in [5.74, 6) is 0. The monoisotopic (exact) mass is 334 g/mol. The van der Waals surface area contributed by atoms with Gasteiger partial charge in [-0.05, 0) is 51.9 Å². The molecule has 0 saturated heterocycles. The zero-order chi connectivity index (χ0) is 17.1. The van der Waals surface area contributed by atoms with Crippen LogP contribution in [0.5, 0.6) is 0 Å². The summed E-state index contributed by atoms with van der Waals surface area (Å²) >= 11 is 0. The molecule has 25 heavy (non-hydrogen) atoms. The molecular weight excluding hydrogens is 308 g/mol. The molecule has 1 saturated carbocycles. The van der Waals surface area contributed by atoms with E-state index in [9.17, 15) is 0 Å². The van der Waals surface area contributed by atoms with E-state index in [2.05, 4.69) is 48.5 Å². The molecule has 2 heteroatoms. The fraction of sp³-hybridized carbons (Fsp3) is 0.391. The molecular formula is C23H26O2. The first-order valence-electron chi connectivity index (χ1n) is 9.39. The molecule has 1 unspecified atom stereocenters. The molecule has 2 aliphatic rings. The Morgan fingerprint density at radius 2 is 1.68 bits per heavy atom. The average Bonchev–Trinajstić information content (AvgIpc) is 3.55. The van der Waals surface area contributed by atoms with Crippen LogP contribution in [-0.4, -0.2) is 20.0 Å². The van der Waals surface area contributed by atoms with Crippen LogP contribution >= 0.6 is 0 Å². The molecule has 3 aromatic carbocycles. The van der Waals surface area contributed by atoms with Gasteiger partial charge < -0.3 is 9.47 Å². The van der Waals surface area contributed by atoms with Gasteiger partial charge in [-0.15, -0.1) is 0 Å². The molecule has 0 aliphatic heterocycles. The summed E-state index contributed by atoms with van der Waals surface area (Å²) in [5.41, 5.74) is 2.93. The van der Waals surface area contributed by atoms with Crippen LogP contribution < -0.4 is 0 Å². The van der Waals surface area contributed by atoms with E-state index in [1.165, 1.54) is 51.9 Å². The molecule has 3 aromatic rings. The first kappa shape index (κ1) is 16.6. The Kier molecular flexibility index (Phi) is 5.00. The third kappa shape index (κ3) is 3.70. The van der Waals surface area contributed by atoms with Crippen LogP contribution in [0.15, 0.2) is 48.5 Å². The number of fused-ring (bicyclic) bond motifs is 5. The maximum Gasteiger partial charge on any atom is 0.146 e. The molecule has 130 valence electrons. The van der Waals surface area contributed by atoms with E-state index in [0.717, 1.165) is 19.3 Å². The Balaban J connectivity index is 0.000000474. The van der Waals surface area contributed by atoms with Crippen molar-refractivity contribution in [3.63, 3.8) is 0 Å². The minimum atomic E-state index is 0.283. The summed E-state index contributed by atoms with van der Waals surface area (Å²) in [6, 6.07) is 17.7. The van der Waals surface area contributed by atoms with Gasteiger partial charge in [-0.25, -0.2) is 0 Å². The summed E-state index contributed by atoms with van der Waals surface area (Å²) in [7, 11) is 1.68. The van der Waals surface area contributed by atoms with Crippen molar-refractivity contribution in [3.8, 4) is 0 Å². The highest BCUT2D eigenvalue weighted by Crippen LogP contribution is 2.33. The van der Waals surface area contributed by atoms with Crippen LogP contribution in [0, 0.1) is 0 Å². The molecule has 0 spiro atoms. The van der Waals surface area contributed by atoms with E-state index in [1.54, 1.807) is 7.11 Å². The highest BCUT2D eigenvalue weighted by molar-refractivity contribution is 6.08. The molecule has 0 bridgehead atoms. The fourth-order valence-electron chi connectivity index (χ4n) is 3.64. The van der Waals surface area contributed by atoms with Gasteiger partial charge >= 0.3 is 0 Å². The Morgan fingerprint density at radius 1 is 0.880 bits per heavy atom. The topological polar surface area (TPSA) is 18.5 Å². The average molecular weight is 334 g/mol. The summed E-state index contributed by atoms with van der Waals surface area (Å²) in [4.78, 5) is 0. The Hall–Kier alpha value is -1.90. The Labute approximate surface area is 149 Å². The highest BCUT2D eigenvalue weighted by atomic mass is 16.7. The number of benzene rings is 3. The minimum Gasteiger partial charge on any atom is -0.359 e. The van der Waals surface area contributed by atoms with Crippen molar-refractivity contribution in [2.24, 2.45) is 0 Å². The lowest BCUT2D eigenvalue weighted by Gasteiger charge is -2.26. The standard InChI is InChI=1S/C20H20O2.C3H6/c1-21-13-22-16-8-11-18-15(12-16)7-10-19-17-5-3-2-4-14(17)6-9-20(18)19;1-2-3-1/h2-7,9-10,16H,8,11-13H2,1H3;1-3H2.